The number of fused-ring (bicyclic) bond motifs is 1. The van der Waals surface area contributed by atoms with E-state index in [4.69, 9.17) is 16.3 Å². The van der Waals surface area contributed by atoms with Crippen molar-refractivity contribution in [3.63, 3.8) is 0 Å². The van der Waals surface area contributed by atoms with E-state index < -0.39 is 0 Å². The van der Waals surface area contributed by atoms with Crippen LogP contribution in [-0.2, 0) is 12.8 Å². The van der Waals surface area contributed by atoms with Gasteiger partial charge in [0, 0.05) is 16.3 Å². The summed E-state index contributed by atoms with van der Waals surface area (Å²) in [6.07, 6.45) is 4.32. The summed E-state index contributed by atoms with van der Waals surface area (Å²) in [5, 5.41) is 0.835. The van der Waals surface area contributed by atoms with Crippen LogP contribution in [0.5, 0.6) is 5.75 Å². The average molecular weight is 304 g/mol. The van der Waals surface area contributed by atoms with Gasteiger partial charge in [0.1, 0.15) is 5.75 Å². The van der Waals surface area contributed by atoms with Crippen molar-refractivity contribution in [2.75, 3.05) is 6.61 Å². The third kappa shape index (κ3) is 2.72. The third-order valence-corrected chi connectivity index (χ3v) is 4.32. The Hall–Kier alpha value is -0.210. The van der Waals surface area contributed by atoms with Crippen LogP contribution in [0.1, 0.15) is 30.9 Å². The van der Waals surface area contributed by atoms with Gasteiger partial charge in [-0.2, -0.15) is 0 Å². The molecule has 0 aliphatic carbocycles. The highest BCUT2D eigenvalue weighted by atomic mass is 79.9. The van der Waals surface area contributed by atoms with Gasteiger partial charge in [0.05, 0.1) is 6.61 Å². The number of alkyl halides is 1. The normalized spacial score (nSPS) is 15.7. The number of halogens is 2. The summed E-state index contributed by atoms with van der Waals surface area (Å²) in [7, 11) is 0. The minimum atomic E-state index is 0.587. The van der Waals surface area contributed by atoms with Gasteiger partial charge < -0.3 is 4.74 Å². The van der Waals surface area contributed by atoms with Gasteiger partial charge in [-0.15, -0.1) is 0 Å². The molecule has 1 aromatic rings. The van der Waals surface area contributed by atoms with Gasteiger partial charge in [0.25, 0.3) is 0 Å². The Balaban J connectivity index is 2.14. The van der Waals surface area contributed by atoms with Crippen molar-refractivity contribution in [1.82, 2.24) is 0 Å². The zero-order valence-corrected chi connectivity index (χ0v) is 11.8. The standard InChI is InChI=1S/C13H16BrClO/c1-2-11(14)4-3-9-7-12(15)8-10-5-6-16-13(9)10/h7-8,11H,2-6H2,1H3. The highest BCUT2D eigenvalue weighted by Gasteiger charge is 2.17. The van der Waals surface area contributed by atoms with E-state index in [1.54, 1.807) is 0 Å². The van der Waals surface area contributed by atoms with Crippen LogP contribution in [0.2, 0.25) is 5.02 Å². The molecule has 1 heterocycles. The van der Waals surface area contributed by atoms with E-state index in [2.05, 4.69) is 22.9 Å². The Morgan fingerprint density at radius 2 is 2.31 bits per heavy atom. The number of hydrogen-bond donors (Lipinski definition) is 0. The molecule has 0 saturated heterocycles. The summed E-state index contributed by atoms with van der Waals surface area (Å²) in [6.45, 7) is 2.99. The molecule has 0 aromatic heterocycles. The van der Waals surface area contributed by atoms with Crippen molar-refractivity contribution in [3.8, 4) is 5.75 Å². The van der Waals surface area contributed by atoms with E-state index in [-0.39, 0.29) is 0 Å². The summed E-state index contributed by atoms with van der Waals surface area (Å²) >= 11 is 9.77. The lowest BCUT2D eigenvalue weighted by atomic mass is 10.0. The first kappa shape index (κ1) is 12.3. The first-order valence-corrected chi connectivity index (χ1v) is 7.08. The first-order chi connectivity index (χ1) is 7.70. The van der Waals surface area contributed by atoms with E-state index in [0.717, 1.165) is 43.1 Å². The van der Waals surface area contributed by atoms with Crippen molar-refractivity contribution >= 4 is 27.5 Å². The van der Waals surface area contributed by atoms with Gasteiger partial charge in [-0.25, -0.2) is 0 Å². The number of aryl methyl sites for hydroxylation is 1. The molecule has 1 nitrogen and oxygen atoms in total. The number of benzene rings is 1. The summed E-state index contributed by atoms with van der Waals surface area (Å²) in [5.74, 6) is 1.08. The van der Waals surface area contributed by atoms with Crippen LogP contribution in [0.15, 0.2) is 12.1 Å². The molecule has 88 valence electrons. The molecular weight excluding hydrogens is 287 g/mol. The monoisotopic (exact) mass is 302 g/mol. The molecule has 0 fully saturated rings. The van der Waals surface area contributed by atoms with Gasteiger partial charge in [-0.1, -0.05) is 34.5 Å². The molecule has 1 unspecified atom stereocenters. The first-order valence-electron chi connectivity index (χ1n) is 5.79. The fraction of sp³-hybridized carbons (Fsp3) is 0.538. The van der Waals surface area contributed by atoms with Crippen LogP contribution in [0.4, 0.5) is 0 Å². The molecule has 3 heteroatoms. The molecule has 0 spiro atoms. The molecule has 1 aliphatic rings. The van der Waals surface area contributed by atoms with Gasteiger partial charge in [0.2, 0.25) is 0 Å². The molecule has 2 rings (SSSR count). The highest BCUT2D eigenvalue weighted by Crippen LogP contribution is 2.34. The average Bonchev–Trinajstić information content (AvgIpc) is 2.73. The lowest BCUT2D eigenvalue weighted by molar-refractivity contribution is 0.353. The molecule has 1 aliphatic heterocycles. The summed E-state index contributed by atoms with van der Waals surface area (Å²) in [4.78, 5) is 0.587. The van der Waals surface area contributed by atoms with Crippen molar-refractivity contribution < 1.29 is 4.74 Å². The van der Waals surface area contributed by atoms with Crippen LogP contribution in [0, 0.1) is 0 Å². The molecule has 0 saturated carbocycles. The largest absolute Gasteiger partial charge is 0.493 e. The second-order valence-corrected chi connectivity index (χ2v) is 5.93. The van der Waals surface area contributed by atoms with Crippen molar-refractivity contribution in [3.05, 3.63) is 28.3 Å². The van der Waals surface area contributed by atoms with Crippen molar-refractivity contribution in [2.45, 2.75) is 37.4 Å². The van der Waals surface area contributed by atoms with E-state index >= 15 is 0 Å². The SMILES string of the molecule is CCC(Br)CCc1cc(Cl)cc2c1OCC2. The highest BCUT2D eigenvalue weighted by molar-refractivity contribution is 9.09. The van der Waals surface area contributed by atoms with Crippen LogP contribution in [0.25, 0.3) is 0 Å². The van der Waals surface area contributed by atoms with Crippen molar-refractivity contribution in [2.24, 2.45) is 0 Å². The van der Waals surface area contributed by atoms with Crippen molar-refractivity contribution in [1.29, 1.82) is 0 Å². The second kappa shape index (κ2) is 5.42. The van der Waals surface area contributed by atoms with Crippen LogP contribution in [0.3, 0.4) is 0 Å². The maximum atomic E-state index is 6.11. The summed E-state index contributed by atoms with van der Waals surface area (Å²) < 4.78 is 5.68. The minimum absolute atomic E-state index is 0.587. The Morgan fingerprint density at radius 3 is 3.06 bits per heavy atom. The molecule has 0 radical (unpaired) electrons. The third-order valence-electron chi connectivity index (χ3n) is 3.00. The van der Waals surface area contributed by atoms with Gasteiger partial charge >= 0.3 is 0 Å². The molecule has 0 bridgehead atoms. The zero-order valence-electron chi connectivity index (χ0n) is 9.43. The lowest BCUT2D eigenvalue weighted by Crippen LogP contribution is -1.99. The Bertz CT molecular complexity index is 378. The van der Waals surface area contributed by atoms with E-state index in [1.807, 2.05) is 12.1 Å². The Labute approximate surface area is 110 Å². The van der Waals surface area contributed by atoms with Gasteiger partial charge in [-0.05, 0) is 42.5 Å². The molecular formula is C13H16BrClO. The fourth-order valence-electron chi connectivity index (χ4n) is 2.05. The molecule has 16 heavy (non-hydrogen) atoms. The van der Waals surface area contributed by atoms with Gasteiger partial charge in [-0.3, -0.25) is 0 Å². The van der Waals surface area contributed by atoms with E-state index in [9.17, 15) is 0 Å². The number of hydrogen-bond acceptors (Lipinski definition) is 1. The zero-order chi connectivity index (χ0) is 11.5. The predicted octanol–water partition coefficient (Wildman–Crippen LogP) is 4.38. The number of ether oxygens (including phenoxy) is 1. The summed E-state index contributed by atoms with van der Waals surface area (Å²) in [6, 6.07) is 4.07. The van der Waals surface area contributed by atoms with Gasteiger partial charge in [0.15, 0.2) is 0 Å². The molecule has 1 atom stereocenters. The fourth-order valence-corrected chi connectivity index (χ4v) is 2.54. The minimum Gasteiger partial charge on any atom is -0.493 e. The molecule has 1 aromatic carbocycles. The molecule has 0 amide bonds. The van der Waals surface area contributed by atoms with Crippen LogP contribution >= 0.6 is 27.5 Å². The van der Waals surface area contributed by atoms with Crippen LogP contribution in [-0.4, -0.2) is 11.4 Å². The quantitative estimate of drug-likeness (QED) is 0.750. The van der Waals surface area contributed by atoms with Crippen LogP contribution < -0.4 is 4.74 Å². The number of rotatable bonds is 4. The topological polar surface area (TPSA) is 9.23 Å². The second-order valence-electron chi connectivity index (χ2n) is 4.20. The maximum absolute atomic E-state index is 6.11. The Kier molecular flexibility index (Phi) is 4.15. The predicted molar refractivity (Wildman–Crippen MR) is 72.0 cm³/mol. The summed E-state index contributed by atoms with van der Waals surface area (Å²) in [5.41, 5.74) is 2.53. The van der Waals surface area contributed by atoms with E-state index in [0.29, 0.717) is 4.83 Å². The lowest BCUT2D eigenvalue weighted by Gasteiger charge is -2.11. The Morgan fingerprint density at radius 1 is 1.50 bits per heavy atom. The molecule has 0 N–H and O–H groups in total. The van der Waals surface area contributed by atoms with E-state index in [1.165, 1.54) is 11.1 Å². The maximum Gasteiger partial charge on any atom is 0.125 e. The smallest absolute Gasteiger partial charge is 0.125 e.